The van der Waals surface area contributed by atoms with E-state index in [1.807, 2.05) is 25.1 Å². The van der Waals surface area contributed by atoms with E-state index in [1.54, 1.807) is 26.1 Å². The summed E-state index contributed by atoms with van der Waals surface area (Å²) in [4.78, 5) is 7.70. The third-order valence-corrected chi connectivity index (χ3v) is 33.4. The Morgan fingerprint density at radius 3 is 1.00 bits per heavy atom. The predicted octanol–water partition coefficient (Wildman–Crippen LogP) is 23.4. The Morgan fingerprint density at radius 2 is 0.606 bits per heavy atom. The zero-order chi connectivity index (χ0) is 65.1. The molecule has 10 aromatic carbocycles. The van der Waals surface area contributed by atoms with Crippen LogP contribution in [0.3, 0.4) is 0 Å². The third-order valence-electron chi connectivity index (χ3n) is 20.7. The monoisotopic (exact) mass is 1430 g/mol. The van der Waals surface area contributed by atoms with Gasteiger partial charge in [-0.2, -0.15) is 0 Å². The first-order valence-electron chi connectivity index (χ1n) is 36.4. The Hall–Kier alpha value is -5.07. The van der Waals surface area contributed by atoms with Crippen molar-refractivity contribution in [2.45, 2.75) is 215 Å². The Balaban J connectivity index is 0.000000156. The molecule has 1 atom stereocenters. The normalized spacial score (nSPS) is 17.7. The molecule has 10 aromatic rings. The van der Waals surface area contributed by atoms with E-state index in [0.717, 1.165) is 28.9 Å². The molecule has 6 aliphatic rings. The number of fused-ring (bicyclic) bond motifs is 5. The molecule has 16 rings (SSSR count). The first kappa shape index (κ1) is 79.6. The van der Waals surface area contributed by atoms with E-state index in [-0.39, 0.29) is 42.9 Å². The smallest absolute Gasteiger partial charge is 0.162 e. The minimum Gasteiger partial charge on any atom is -0.507 e. The Bertz CT molecular complexity index is 4000. The van der Waals surface area contributed by atoms with Crippen molar-refractivity contribution in [3.8, 4) is 5.75 Å². The summed E-state index contributed by atoms with van der Waals surface area (Å²) in [7, 11) is 2.18. The standard InChI is InChI=1S/C21H27S.2C17H21OS.C16H19OS.C15H16OS.4CH4/c1-3-9-17(10-4-1)18-13-14-21(22-15-7-2-8-16-22)20-12-6-5-11-19(18)20;1-13(18)14-9-10-17(19-11-5-2-6-12-19)16-8-4-3-7-15(14)16;18-11-10-14-8-9-17(19-12-4-1-5-13-19)16-7-3-2-6-15(14)16;17-12-13-8-9-16(18-10-4-1-5-11-18)15-7-3-2-6-14(13)15;16-14-8-9-15(17-10-4-1-5-11-17)13-7-3-2-6-12(13)14;;;;/h5-6,11-14,17H,1-4,7-10,15-16H2;3-4,7-10,13,18H,2,5-6,11-12H2,1H3;2-3,6-9,18H,1,4-5,10-13H2;2-3,6-9,17H,1,4-5,10-12H2;2-3,6-9H,1,4-5,10-11H2;4*1H4/q4*+1;;;;;/p+1. The second-order valence-electron chi connectivity index (χ2n) is 27.0. The van der Waals surface area contributed by atoms with Gasteiger partial charge in [0.1, 0.15) is 63.3 Å². The summed E-state index contributed by atoms with van der Waals surface area (Å²) in [6, 6.07) is 65.6. The molecule has 0 amide bonds. The summed E-state index contributed by atoms with van der Waals surface area (Å²) in [5, 5.41) is 51.8. The Labute approximate surface area is 612 Å². The van der Waals surface area contributed by atoms with Crippen molar-refractivity contribution in [1.29, 1.82) is 0 Å². The quantitative estimate of drug-likeness (QED) is 0.103. The maximum atomic E-state index is 9.93. The molecule has 9 heteroatoms. The molecule has 4 N–H and O–H groups in total. The van der Waals surface area contributed by atoms with Gasteiger partial charge in [-0.15, -0.1) is 0 Å². The molecule has 5 saturated heterocycles. The van der Waals surface area contributed by atoms with Gasteiger partial charge in [0.25, 0.3) is 0 Å². The lowest BCUT2D eigenvalue weighted by atomic mass is 9.82. The zero-order valence-electron chi connectivity index (χ0n) is 56.6. The highest BCUT2D eigenvalue weighted by Gasteiger charge is 2.33. The molecule has 530 valence electrons. The van der Waals surface area contributed by atoms with E-state index < -0.39 is 6.10 Å². The summed E-state index contributed by atoms with van der Waals surface area (Å²) in [6.45, 7) is 2.22. The van der Waals surface area contributed by atoms with E-state index in [2.05, 4.69) is 164 Å². The van der Waals surface area contributed by atoms with Crippen LogP contribution >= 0.6 is 0 Å². The number of aliphatic hydroxyl groups excluding tert-OH is 3. The van der Waals surface area contributed by atoms with Crippen LogP contribution in [-0.2, 0) is 67.5 Å². The van der Waals surface area contributed by atoms with Crippen LogP contribution in [0.15, 0.2) is 206 Å². The molecule has 4 nitrogen and oxygen atoms in total. The second kappa shape index (κ2) is 40.7. The third kappa shape index (κ3) is 20.0. The molecule has 0 radical (unpaired) electrons. The number of aromatic hydroxyl groups is 1. The van der Waals surface area contributed by atoms with Crippen LogP contribution in [0, 0.1) is 0 Å². The topological polar surface area (TPSA) is 80.9 Å². The molecule has 6 fully saturated rings. The SMILES string of the molecule is C.C.C.C.CC(O)c1ccc([S+]2CCCCC2)c2ccccc12.OCCc1ccc([S+]2CCCCC2)c2ccccc12.OCc1ccc([S+]2CCCCC2)c2ccccc12.Oc1ccc([S+]2CCCCC2)c2ccccc12.c1ccc2c([S+]3CCCCC3)ccc(C3CCCCC3)c2c1. The summed E-state index contributed by atoms with van der Waals surface area (Å²) >= 11 is 0. The van der Waals surface area contributed by atoms with Gasteiger partial charge in [-0.25, -0.2) is 0 Å². The van der Waals surface area contributed by atoms with Crippen molar-refractivity contribution < 1.29 is 20.4 Å². The molecule has 1 aliphatic carbocycles. The largest absolute Gasteiger partial charge is 0.507 e. The van der Waals surface area contributed by atoms with Crippen LogP contribution in [0.5, 0.6) is 5.75 Å². The highest BCUT2D eigenvalue weighted by Crippen LogP contribution is 2.41. The average molecular weight is 1430 g/mol. The first-order valence-corrected chi connectivity index (χ1v) is 44.2. The lowest BCUT2D eigenvalue weighted by molar-refractivity contribution is 0.201. The number of phenolic OH excluding ortho intramolecular Hbond substituents is 1. The van der Waals surface area contributed by atoms with Gasteiger partial charge in [0.2, 0.25) is 0 Å². The summed E-state index contributed by atoms with van der Waals surface area (Å²) < 4.78 is 0. The van der Waals surface area contributed by atoms with Crippen molar-refractivity contribution in [2.24, 2.45) is 0 Å². The van der Waals surface area contributed by atoms with E-state index in [1.165, 1.54) is 244 Å². The molecule has 1 saturated carbocycles. The van der Waals surface area contributed by atoms with Crippen LogP contribution < -0.4 is 0 Å². The van der Waals surface area contributed by atoms with Crippen molar-refractivity contribution >= 4 is 108 Å². The van der Waals surface area contributed by atoms with E-state index in [9.17, 15) is 20.4 Å². The maximum Gasteiger partial charge on any atom is 0.162 e. The van der Waals surface area contributed by atoms with Crippen LogP contribution in [0.25, 0.3) is 53.9 Å². The van der Waals surface area contributed by atoms with Crippen molar-refractivity contribution in [3.05, 3.63) is 204 Å². The van der Waals surface area contributed by atoms with Gasteiger partial charge in [0.15, 0.2) is 24.5 Å². The predicted molar refractivity (Wildman–Crippen MR) is 448 cm³/mol. The fourth-order valence-corrected chi connectivity index (χ4v) is 28.1. The molecule has 0 bridgehead atoms. The number of phenols is 1. The van der Waals surface area contributed by atoms with Crippen LogP contribution in [-0.4, -0.2) is 84.6 Å². The lowest BCUT2D eigenvalue weighted by Gasteiger charge is -2.24. The van der Waals surface area contributed by atoms with Crippen LogP contribution in [0.1, 0.15) is 199 Å². The summed E-state index contributed by atoms with van der Waals surface area (Å²) in [5.41, 5.74) is 5.03. The molecule has 99 heavy (non-hydrogen) atoms. The maximum absolute atomic E-state index is 9.93. The molecule has 5 heterocycles. The molecule has 1 unspecified atom stereocenters. The molecule has 0 spiro atoms. The van der Waals surface area contributed by atoms with Crippen LogP contribution in [0.4, 0.5) is 0 Å². The highest BCUT2D eigenvalue weighted by atomic mass is 32.2. The second-order valence-corrected chi connectivity index (χ2v) is 38.2. The minimum absolute atomic E-state index is 0. The summed E-state index contributed by atoms with van der Waals surface area (Å²) in [6.07, 6.45) is 28.3. The number of rotatable bonds is 10. The van der Waals surface area contributed by atoms with E-state index in [0.29, 0.717) is 60.2 Å². The fraction of sp³-hybridized carbons (Fsp3) is 0.444. The van der Waals surface area contributed by atoms with Crippen LogP contribution in [0.2, 0.25) is 0 Å². The van der Waals surface area contributed by atoms with Crippen molar-refractivity contribution in [1.82, 2.24) is 0 Å². The van der Waals surface area contributed by atoms with Gasteiger partial charge < -0.3 is 20.4 Å². The van der Waals surface area contributed by atoms with Crippen molar-refractivity contribution in [2.75, 3.05) is 64.1 Å². The fourth-order valence-electron chi connectivity index (χ4n) is 15.6. The first-order chi connectivity index (χ1) is 46.9. The molecular formula is C90H121O4S5+5. The van der Waals surface area contributed by atoms with Gasteiger partial charge in [0, 0.05) is 93.4 Å². The number of benzene rings is 10. The minimum atomic E-state index is -0.395. The molecule has 0 aromatic heterocycles. The lowest BCUT2D eigenvalue weighted by Crippen LogP contribution is -2.18. The number of aliphatic hydroxyl groups is 3. The Kier molecular flexibility index (Phi) is 32.7. The molecular weight excluding hydrogens is 1310 g/mol. The number of hydrogen-bond acceptors (Lipinski definition) is 4. The van der Waals surface area contributed by atoms with Crippen molar-refractivity contribution in [3.63, 3.8) is 0 Å². The highest BCUT2D eigenvalue weighted by molar-refractivity contribution is 7.98. The van der Waals surface area contributed by atoms with Gasteiger partial charge in [0.05, 0.1) is 12.7 Å². The van der Waals surface area contributed by atoms with Gasteiger partial charge in [-0.1, -0.05) is 164 Å². The van der Waals surface area contributed by atoms with E-state index >= 15 is 0 Å². The number of hydrogen-bond donors (Lipinski definition) is 4. The summed E-state index contributed by atoms with van der Waals surface area (Å²) in [5.74, 6) is 14.8. The average Bonchev–Trinajstić information content (AvgIpc) is 0.806. The van der Waals surface area contributed by atoms with E-state index in [4.69, 9.17) is 0 Å². The van der Waals surface area contributed by atoms with Gasteiger partial charge in [-0.3, -0.25) is 0 Å². The molecule has 5 aliphatic heterocycles. The Morgan fingerprint density at radius 1 is 0.313 bits per heavy atom. The zero-order valence-corrected chi connectivity index (χ0v) is 60.7. The van der Waals surface area contributed by atoms with Gasteiger partial charge >= 0.3 is 0 Å². The van der Waals surface area contributed by atoms with Gasteiger partial charge in [-0.05, 0) is 239 Å².